The van der Waals surface area contributed by atoms with E-state index in [2.05, 4.69) is 35.8 Å². The third-order valence-electron chi connectivity index (χ3n) is 3.92. The van der Waals surface area contributed by atoms with Crippen LogP contribution in [-0.2, 0) is 6.54 Å². The summed E-state index contributed by atoms with van der Waals surface area (Å²) < 4.78 is 16.5. The van der Waals surface area contributed by atoms with Gasteiger partial charge in [0, 0.05) is 6.54 Å². The minimum absolute atomic E-state index is 0.0303. The van der Waals surface area contributed by atoms with Crippen molar-refractivity contribution >= 4 is 17.9 Å². The van der Waals surface area contributed by atoms with Gasteiger partial charge in [0.15, 0.2) is 17.2 Å². The molecule has 2 aromatic heterocycles. The topological polar surface area (TPSA) is 159 Å². The van der Waals surface area contributed by atoms with E-state index in [4.69, 9.17) is 15.2 Å². The lowest BCUT2D eigenvalue weighted by molar-refractivity contribution is 0.0948. The number of carbonyl (C=O) groups is 1. The first-order valence-corrected chi connectivity index (χ1v) is 8.43. The van der Waals surface area contributed by atoms with Gasteiger partial charge in [-0.1, -0.05) is 5.21 Å². The van der Waals surface area contributed by atoms with Crippen LogP contribution >= 0.6 is 0 Å². The first kappa shape index (κ1) is 18.4. The van der Waals surface area contributed by atoms with Crippen LogP contribution in [0.5, 0.6) is 11.5 Å². The molecule has 0 unspecified atom stereocenters. The predicted octanol–water partition coefficient (Wildman–Crippen LogP) is -0.213. The average Bonchev–Trinajstić information content (AvgIpc) is 3.40. The lowest BCUT2D eigenvalue weighted by Crippen LogP contribution is -2.23. The van der Waals surface area contributed by atoms with E-state index in [0.29, 0.717) is 23.7 Å². The Labute approximate surface area is 164 Å². The van der Waals surface area contributed by atoms with Gasteiger partial charge in [0.25, 0.3) is 5.91 Å². The Morgan fingerprint density at radius 2 is 2.17 bits per heavy atom. The molecule has 0 fully saturated rings. The summed E-state index contributed by atoms with van der Waals surface area (Å²) in [5, 5.41) is 19.1. The van der Waals surface area contributed by atoms with Gasteiger partial charge in [-0.3, -0.25) is 4.79 Å². The molecule has 0 saturated heterocycles. The maximum atomic E-state index is 12.6. The quantitative estimate of drug-likeness (QED) is 0.419. The number of anilines is 1. The fraction of sp³-hybridized carbons (Fsp3) is 0.250. The van der Waals surface area contributed by atoms with Crippen molar-refractivity contribution in [3.63, 3.8) is 0 Å². The lowest BCUT2D eigenvalue weighted by Gasteiger charge is -2.11. The molecule has 0 atom stereocenters. The Bertz CT molecular complexity index is 1070. The van der Waals surface area contributed by atoms with Crippen molar-refractivity contribution in [3.05, 3.63) is 35.2 Å². The summed E-state index contributed by atoms with van der Waals surface area (Å²) in [4.78, 5) is 14.4. The Kier molecular flexibility index (Phi) is 4.78. The molecule has 3 heterocycles. The highest BCUT2D eigenvalue weighted by Gasteiger charge is 2.24. The second kappa shape index (κ2) is 7.55. The average molecular weight is 399 g/mol. The zero-order valence-electron chi connectivity index (χ0n) is 15.6. The molecule has 0 bridgehead atoms. The SMILES string of the molecule is CN(C)Cc1c(C(=O)NN=Cc2ccc3c(c2)OCO3)nnn1-c1nonc1N. The largest absolute Gasteiger partial charge is 0.454 e. The van der Waals surface area contributed by atoms with Crippen molar-refractivity contribution in [2.45, 2.75) is 6.54 Å². The van der Waals surface area contributed by atoms with Crippen LogP contribution in [-0.4, -0.2) is 63.2 Å². The molecular weight excluding hydrogens is 382 g/mol. The highest BCUT2D eigenvalue weighted by Crippen LogP contribution is 2.31. The number of nitrogen functional groups attached to an aromatic ring is 1. The van der Waals surface area contributed by atoms with E-state index in [-0.39, 0.29) is 24.1 Å². The zero-order chi connectivity index (χ0) is 20.4. The summed E-state index contributed by atoms with van der Waals surface area (Å²) in [6.07, 6.45) is 1.48. The number of hydrazone groups is 1. The molecular formula is C16H17N9O4. The Hall–Kier alpha value is -4.00. The van der Waals surface area contributed by atoms with E-state index < -0.39 is 5.91 Å². The molecule has 1 aliphatic rings. The van der Waals surface area contributed by atoms with Crippen LogP contribution in [0.15, 0.2) is 27.9 Å². The first-order valence-electron chi connectivity index (χ1n) is 8.43. The number of nitrogens with one attached hydrogen (secondary N) is 1. The number of amides is 1. The molecule has 0 radical (unpaired) electrons. The third-order valence-corrected chi connectivity index (χ3v) is 3.92. The molecule has 13 heteroatoms. The Morgan fingerprint density at radius 1 is 1.34 bits per heavy atom. The first-order chi connectivity index (χ1) is 14.0. The van der Waals surface area contributed by atoms with E-state index in [1.807, 2.05) is 19.0 Å². The van der Waals surface area contributed by atoms with Crippen molar-refractivity contribution in [3.8, 4) is 17.3 Å². The molecule has 13 nitrogen and oxygen atoms in total. The molecule has 1 aliphatic heterocycles. The molecule has 0 spiro atoms. The molecule has 4 rings (SSSR count). The number of nitrogens with zero attached hydrogens (tertiary/aromatic N) is 7. The second-order valence-electron chi connectivity index (χ2n) is 6.32. The number of fused-ring (bicyclic) bond motifs is 1. The van der Waals surface area contributed by atoms with Gasteiger partial charge in [-0.05, 0) is 48.2 Å². The van der Waals surface area contributed by atoms with Crippen LogP contribution in [0.4, 0.5) is 5.82 Å². The van der Waals surface area contributed by atoms with E-state index in [1.54, 1.807) is 18.2 Å². The van der Waals surface area contributed by atoms with Crippen LogP contribution in [0.1, 0.15) is 21.7 Å². The van der Waals surface area contributed by atoms with Gasteiger partial charge in [-0.15, -0.1) is 5.10 Å². The number of aromatic nitrogens is 5. The van der Waals surface area contributed by atoms with Gasteiger partial charge in [0.05, 0.1) is 11.9 Å². The summed E-state index contributed by atoms with van der Waals surface area (Å²) in [5.74, 6) is 0.924. The van der Waals surface area contributed by atoms with Gasteiger partial charge in [0.2, 0.25) is 18.4 Å². The molecule has 1 amide bonds. The summed E-state index contributed by atoms with van der Waals surface area (Å²) in [5.41, 5.74) is 9.42. The normalized spacial score (nSPS) is 12.8. The number of hydrogen-bond acceptors (Lipinski definition) is 11. The predicted molar refractivity (Wildman–Crippen MR) is 98.6 cm³/mol. The van der Waals surface area contributed by atoms with E-state index in [1.165, 1.54) is 10.9 Å². The standard InChI is InChI=1S/C16H17N9O4/c1-24(2)7-10-13(19-23-25(10)15-14(17)21-29-22-15)16(26)20-18-6-9-3-4-11-12(5-9)28-8-27-11/h3-6H,7-8H2,1-2H3,(H2,17,21)(H,20,26). The van der Waals surface area contributed by atoms with Crippen LogP contribution in [0.3, 0.4) is 0 Å². The van der Waals surface area contributed by atoms with Crippen molar-refractivity contribution in [2.75, 3.05) is 26.6 Å². The second-order valence-corrected chi connectivity index (χ2v) is 6.32. The summed E-state index contributed by atoms with van der Waals surface area (Å²) in [6.45, 7) is 0.524. The molecule has 3 N–H and O–H groups in total. The van der Waals surface area contributed by atoms with Crippen LogP contribution in [0.2, 0.25) is 0 Å². The fourth-order valence-electron chi connectivity index (χ4n) is 2.64. The number of rotatable bonds is 6. The van der Waals surface area contributed by atoms with E-state index >= 15 is 0 Å². The third kappa shape index (κ3) is 3.70. The van der Waals surface area contributed by atoms with Crippen LogP contribution < -0.4 is 20.6 Å². The summed E-state index contributed by atoms with van der Waals surface area (Å²) >= 11 is 0. The van der Waals surface area contributed by atoms with Gasteiger partial charge >= 0.3 is 0 Å². The molecule has 29 heavy (non-hydrogen) atoms. The molecule has 0 saturated carbocycles. The molecule has 3 aromatic rings. The number of carbonyl (C=O) groups excluding carboxylic acids is 1. The monoisotopic (exact) mass is 399 g/mol. The van der Waals surface area contributed by atoms with Crippen molar-refractivity contribution < 1.29 is 18.9 Å². The van der Waals surface area contributed by atoms with Gasteiger partial charge in [-0.2, -0.15) is 9.78 Å². The summed E-state index contributed by atoms with van der Waals surface area (Å²) in [7, 11) is 3.67. The number of hydrogen-bond donors (Lipinski definition) is 2. The molecule has 0 aliphatic carbocycles. The number of benzene rings is 1. The Morgan fingerprint density at radius 3 is 2.93 bits per heavy atom. The highest BCUT2D eigenvalue weighted by molar-refractivity contribution is 5.94. The van der Waals surface area contributed by atoms with E-state index in [0.717, 1.165) is 5.56 Å². The minimum atomic E-state index is -0.542. The van der Waals surface area contributed by atoms with Gasteiger partial charge < -0.3 is 20.1 Å². The molecule has 1 aromatic carbocycles. The van der Waals surface area contributed by atoms with Crippen LogP contribution in [0.25, 0.3) is 5.82 Å². The smallest absolute Gasteiger partial charge is 0.293 e. The minimum Gasteiger partial charge on any atom is -0.454 e. The lowest BCUT2D eigenvalue weighted by atomic mass is 10.2. The van der Waals surface area contributed by atoms with Gasteiger partial charge in [0.1, 0.15) is 0 Å². The van der Waals surface area contributed by atoms with Crippen molar-refractivity contribution in [2.24, 2.45) is 5.10 Å². The highest BCUT2D eigenvalue weighted by atomic mass is 16.7. The van der Waals surface area contributed by atoms with E-state index in [9.17, 15) is 4.79 Å². The number of ether oxygens (including phenoxy) is 2. The maximum absolute atomic E-state index is 12.6. The van der Waals surface area contributed by atoms with Crippen molar-refractivity contribution in [1.82, 2.24) is 35.6 Å². The maximum Gasteiger partial charge on any atom is 0.293 e. The van der Waals surface area contributed by atoms with Gasteiger partial charge in [-0.25, -0.2) is 10.1 Å². The zero-order valence-corrected chi connectivity index (χ0v) is 15.6. The van der Waals surface area contributed by atoms with Crippen LogP contribution in [0, 0.1) is 0 Å². The summed E-state index contributed by atoms with van der Waals surface area (Å²) in [6, 6.07) is 5.31. The number of nitrogens with two attached hydrogens (primary N) is 1. The Balaban J connectivity index is 1.53. The van der Waals surface area contributed by atoms with Crippen molar-refractivity contribution in [1.29, 1.82) is 0 Å². The molecule has 150 valence electrons. The fourth-order valence-corrected chi connectivity index (χ4v) is 2.64.